The van der Waals surface area contributed by atoms with E-state index < -0.39 is 53.7 Å². The molecule has 0 saturated carbocycles. The number of aliphatic carboxylic acids is 9. The van der Waals surface area contributed by atoms with Crippen LogP contribution in [0, 0.1) is 0 Å². The van der Waals surface area contributed by atoms with Crippen molar-refractivity contribution in [1.29, 1.82) is 0 Å². The van der Waals surface area contributed by atoms with E-state index in [4.69, 9.17) is 0 Å². The molecule has 0 atom stereocenters. The molecule has 0 radical (unpaired) electrons. The molecule has 0 aliphatic heterocycles. The molecule has 117 heavy (non-hydrogen) atoms. The summed E-state index contributed by atoms with van der Waals surface area (Å²) < 4.78 is 0. The number of hydrogen-bond acceptors (Lipinski definition) is 18. The van der Waals surface area contributed by atoms with Gasteiger partial charge in [0.1, 0.15) is 0 Å². The van der Waals surface area contributed by atoms with Crippen molar-refractivity contribution >= 4 is 53.7 Å². The number of carboxylic acids is 9. The molecule has 0 aromatic heterocycles. The van der Waals surface area contributed by atoms with E-state index in [9.17, 15) is 89.1 Å². The smallest absolute Gasteiger partial charge is 0.550 e. The van der Waals surface area contributed by atoms with Gasteiger partial charge in [0.25, 0.3) is 0 Å². The van der Waals surface area contributed by atoms with Crippen molar-refractivity contribution in [3.05, 3.63) is 0 Å². The third-order valence-electron chi connectivity index (χ3n) is 17.9. The van der Waals surface area contributed by atoms with Gasteiger partial charge in [-0.3, -0.25) is 0 Å². The number of carbonyl (C=O) groups excluding carboxylic acids is 9. The van der Waals surface area contributed by atoms with Gasteiger partial charge in [-0.15, -0.1) is 0 Å². The van der Waals surface area contributed by atoms with Crippen LogP contribution < -0.4 is 46.0 Å². The van der Waals surface area contributed by atoms with E-state index in [0.717, 1.165) is 116 Å². The number of unbranched alkanes of at least 4 members (excludes halogenated alkanes) is 54. The Kier molecular flexibility index (Phi) is 220. The van der Waals surface area contributed by atoms with Crippen LogP contribution in [0.3, 0.4) is 0 Å². The maximum atomic E-state index is 10.0. The van der Waals surface area contributed by atoms with Gasteiger partial charge in [-0.2, -0.15) is 0 Å². The molecule has 0 aliphatic carbocycles. The summed E-state index contributed by atoms with van der Waals surface area (Å²) in [4.78, 5) is 90.2. The minimum Gasteiger partial charge on any atom is -0.550 e. The first-order valence-corrected chi connectivity index (χ1v) is 44.7. The predicted molar refractivity (Wildman–Crippen MR) is 429 cm³/mol. The zero-order chi connectivity index (χ0) is 83.1. The van der Waals surface area contributed by atoms with Gasteiger partial charge in [-0.05, 0) is 116 Å². The van der Waals surface area contributed by atoms with E-state index in [2.05, 4.69) is 62.3 Å². The molecule has 0 unspecified atom stereocenters. The van der Waals surface area contributed by atoms with Gasteiger partial charge in [0.05, 0.1) is 0 Å². The molecule has 0 fully saturated rings. The Morgan fingerprint density at radius 2 is 0.162 bits per heavy atom. The average molecular weight is 2510 g/mol. The van der Waals surface area contributed by atoms with Crippen molar-refractivity contribution in [2.24, 2.45) is 0 Å². The van der Waals surface area contributed by atoms with Crippen molar-refractivity contribution in [2.45, 2.75) is 525 Å². The number of hydrogen-bond donors (Lipinski definition) is 0. The normalized spacial score (nSPS) is 9.31. The quantitative estimate of drug-likeness (QED) is 0.0403. The molecule has 0 aliphatic rings. The fraction of sp³-hybridized carbons (Fsp3) is 0.900. The second-order valence-corrected chi connectivity index (χ2v) is 29.2. The summed E-state index contributed by atoms with van der Waals surface area (Å²) in [6.07, 6.45) is 75.1. The van der Waals surface area contributed by atoms with E-state index in [1.54, 1.807) is 0 Å². The zero-order valence-corrected chi connectivity index (χ0v) is 87.8. The topological polar surface area (TPSA) is 361 Å². The summed E-state index contributed by atoms with van der Waals surface area (Å²) in [5, 5.41) is 90.2. The minimum absolute atomic E-state index is 0. The molecule has 0 spiro atoms. The minimum atomic E-state index is -0.913. The van der Waals surface area contributed by atoms with Crippen LogP contribution in [0.25, 0.3) is 0 Å². The van der Waals surface area contributed by atoms with E-state index >= 15 is 0 Å². The molecule has 18 nitrogen and oxygen atoms in total. The van der Waals surface area contributed by atoms with Gasteiger partial charge >= 0.3 is 201 Å². The summed E-state index contributed by atoms with van der Waals surface area (Å²) in [7, 11) is 0. The maximum absolute atomic E-state index is 10.0. The molecule has 0 bridgehead atoms. The van der Waals surface area contributed by atoms with Crippen LogP contribution in [0.2, 0.25) is 0 Å². The van der Waals surface area contributed by atoms with Crippen LogP contribution in [0.5, 0.6) is 0 Å². The average Bonchev–Trinajstić information content (AvgIpc) is 1.47. The maximum Gasteiger partial charge on any atom is 1.00 e. The van der Waals surface area contributed by atoms with Crippen molar-refractivity contribution in [1.82, 2.24) is 0 Å². The van der Waals surface area contributed by atoms with E-state index in [0.29, 0.717) is 0 Å². The van der Waals surface area contributed by atoms with Gasteiger partial charge in [0, 0.05) is 53.7 Å². The third-order valence-corrected chi connectivity index (χ3v) is 17.9. The predicted octanol–water partition coefficient (Wildman–Crippen LogP) is 16.9. The van der Waals surface area contributed by atoms with E-state index in [1.807, 2.05) is 0 Å². The number of carbonyl (C=O) groups is 9. The summed E-state index contributed by atoms with van der Waals surface area (Å²) in [6.45, 7) is 19.7. The largest absolute Gasteiger partial charge is 1.00 e. The monoisotopic (exact) mass is 2500 g/mol. The first kappa shape index (κ1) is 162. The molecular formula is C90H171Ag9O18. The van der Waals surface area contributed by atoms with Crippen molar-refractivity contribution < 1.29 is 291 Å². The van der Waals surface area contributed by atoms with Crippen LogP contribution >= 0.6 is 0 Å². The summed E-state index contributed by atoms with van der Waals surface area (Å²) in [5.74, 6) is -8.22. The van der Waals surface area contributed by atoms with Crippen LogP contribution in [0.15, 0.2) is 0 Å². The van der Waals surface area contributed by atoms with Crippen LogP contribution in [-0.4, -0.2) is 53.7 Å². The van der Waals surface area contributed by atoms with Crippen LogP contribution in [0.1, 0.15) is 525 Å². The number of rotatable bonds is 72. The third kappa shape index (κ3) is 230. The molecule has 0 N–H and O–H groups in total. The summed E-state index contributed by atoms with van der Waals surface area (Å²) in [5.41, 5.74) is 0. The van der Waals surface area contributed by atoms with Crippen LogP contribution in [0.4, 0.5) is 0 Å². The Hall–Kier alpha value is 1.89. The Morgan fingerprint density at radius 1 is 0.111 bits per heavy atom. The molecule has 0 heterocycles. The van der Waals surface area contributed by atoms with Gasteiger partial charge in [0.2, 0.25) is 0 Å². The van der Waals surface area contributed by atoms with E-state index in [1.165, 1.54) is 289 Å². The Bertz CT molecular complexity index is 1440. The second kappa shape index (κ2) is 158. The molecule has 738 valence electrons. The van der Waals surface area contributed by atoms with Crippen molar-refractivity contribution in [3.8, 4) is 0 Å². The molecule has 0 aromatic rings. The standard InChI is InChI=1S/9C10H20O2.9Ag/c9*1-2-3-4-5-6-7-8-9-10(11)12;;;;;;;;;/h9*2-9H2,1H3,(H,11,12);;;;;;;;;/q;;;;;;;;;9*+1/p-9. The molecular weight excluding hydrogens is 2340 g/mol. The fourth-order valence-electron chi connectivity index (χ4n) is 11.0. The molecule has 27 heteroatoms. The van der Waals surface area contributed by atoms with Gasteiger partial charge < -0.3 is 89.1 Å². The first-order chi connectivity index (χ1) is 51.9. The number of carboxylic acid groups (broad SMARTS) is 9. The SMILES string of the molecule is CCCCCCCCCC(=O)[O-].CCCCCCCCCC(=O)[O-].CCCCCCCCCC(=O)[O-].CCCCCCCCCC(=O)[O-].CCCCCCCCCC(=O)[O-].CCCCCCCCCC(=O)[O-].CCCCCCCCCC(=O)[O-].CCCCCCCCCC(=O)[O-].CCCCCCCCCC(=O)[O-].[Ag+].[Ag+].[Ag+].[Ag+].[Ag+].[Ag+].[Ag+].[Ag+].[Ag+]. The Labute approximate surface area is 859 Å². The molecule has 0 rings (SSSR count). The zero-order valence-electron chi connectivity index (χ0n) is 74.5. The van der Waals surface area contributed by atoms with Gasteiger partial charge in [-0.25, -0.2) is 0 Å². The van der Waals surface area contributed by atoms with Gasteiger partial charge in [0.15, 0.2) is 0 Å². The Morgan fingerprint density at radius 3 is 0.214 bits per heavy atom. The second-order valence-electron chi connectivity index (χ2n) is 29.2. The van der Waals surface area contributed by atoms with E-state index in [-0.39, 0.29) is 259 Å². The van der Waals surface area contributed by atoms with Gasteiger partial charge in [-0.1, -0.05) is 409 Å². The molecule has 0 aromatic carbocycles. The summed E-state index contributed by atoms with van der Waals surface area (Å²) >= 11 is 0. The Balaban J connectivity index is -0.0000000583. The van der Waals surface area contributed by atoms with Crippen LogP contribution in [-0.2, 0) is 245 Å². The summed E-state index contributed by atoms with van der Waals surface area (Å²) in [6, 6.07) is 0. The van der Waals surface area contributed by atoms with Crippen molar-refractivity contribution in [3.63, 3.8) is 0 Å². The fourth-order valence-corrected chi connectivity index (χ4v) is 11.0. The first-order valence-electron chi connectivity index (χ1n) is 44.7. The van der Waals surface area contributed by atoms with Crippen molar-refractivity contribution in [2.75, 3.05) is 0 Å². The molecule has 0 amide bonds. The molecule has 0 saturated heterocycles.